The van der Waals surface area contributed by atoms with Crippen molar-refractivity contribution < 1.29 is 9.84 Å². The smallest absolute Gasteiger partial charge is 0.147 e. The Morgan fingerprint density at radius 2 is 1.79 bits per heavy atom. The van der Waals surface area contributed by atoms with Crippen LogP contribution in [0.25, 0.3) is 0 Å². The first-order valence-electron chi connectivity index (χ1n) is 5.86. The van der Waals surface area contributed by atoms with Crippen molar-refractivity contribution in [3.63, 3.8) is 0 Å². The van der Waals surface area contributed by atoms with Crippen LogP contribution in [-0.2, 0) is 6.54 Å². The van der Waals surface area contributed by atoms with Gasteiger partial charge in [0.2, 0.25) is 0 Å². The molecule has 0 aliphatic heterocycles. The van der Waals surface area contributed by atoms with Crippen molar-refractivity contribution in [2.75, 3.05) is 13.2 Å². The van der Waals surface area contributed by atoms with Gasteiger partial charge in [0.15, 0.2) is 0 Å². The summed E-state index contributed by atoms with van der Waals surface area (Å²) in [5.74, 6) is 0.822. The summed E-state index contributed by atoms with van der Waals surface area (Å²) in [6, 6.07) is 4.05. The van der Waals surface area contributed by atoms with E-state index in [9.17, 15) is 5.11 Å². The lowest BCUT2D eigenvalue weighted by Crippen LogP contribution is -2.42. The molecule has 0 amide bonds. The first kappa shape index (κ1) is 19.2. The maximum atomic E-state index is 9.19. The Morgan fingerprint density at radius 3 is 2.21 bits per heavy atom. The van der Waals surface area contributed by atoms with Crippen LogP contribution in [0.2, 0.25) is 0 Å². The highest BCUT2D eigenvalue weighted by atomic mass is 79.9. The lowest BCUT2D eigenvalue weighted by molar-refractivity contribution is 0.187. The van der Waals surface area contributed by atoms with Crippen molar-refractivity contribution in [3.8, 4) is 5.75 Å². The van der Waals surface area contributed by atoms with E-state index in [0.29, 0.717) is 13.2 Å². The van der Waals surface area contributed by atoms with Gasteiger partial charge >= 0.3 is 0 Å². The van der Waals surface area contributed by atoms with Crippen molar-refractivity contribution in [1.82, 2.24) is 5.32 Å². The molecule has 110 valence electrons. The summed E-state index contributed by atoms with van der Waals surface area (Å²) in [4.78, 5) is 0. The number of ether oxygens (including phenoxy) is 1. The summed E-state index contributed by atoms with van der Waals surface area (Å²) in [5, 5.41) is 12.5. The molecule has 2 N–H and O–H groups in total. The van der Waals surface area contributed by atoms with E-state index in [1.165, 1.54) is 0 Å². The Labute approximate surface area is 137 Å². The molecule has 0 aromatic heterocycles. The fourth-order valence-electron chi connectivity index (χ4n) is 1.39. The highest BCUT2D eigenvalue weighted by molar-refractivity contribution is 9.11. The quantitative estimate of drug-likeness (QED) is 0.738. The zero-order valence-electron chi connectivity index (χ0n) is 11.3. The molecule has 1 rings (SSSR count). The van der Waals surface area contributed by atoms with Gasteiger partial charge in [-0.1, -0.05) is 0 Å². The molecule has 0 aliphatic carbocycles. The van der Waals surface area contributed by atoms with Crippen molar-refractivity contribution in [2.24, 2.45) is 0 Å². The van der Waals surface area contributed by atoms with E-state index in [1.54, 1.807) is 0 Å². The molecule has 0 saturated carbocycles. The summed E-state index contributed by atoms with van der Waals surface area (Å²) in [6.45, 7) is 7.31. The lowest BCUT2D eigenvalue weighted by Gasteiger charge is -2.24. The van der Waals surface area contributed by atoms with Gasteiger partial charge in [-0.3, -0.25) is 0 Å². The molecule has 0 aliphatic rings. The Balaban J connectivity index is 0.00000324. The molecular weight excluding hydrogens is 397 g/mol. The van der Waals surface area contributed by atoms with Gasteiger partial charge in [-0.05, 0) is 70.3 Å². The van der Waals surface area contributed by atoms with Gasteiger partial charge in [0.05, 0.1) is 22.2 Å². The summed E-state index contributed by atoms with van der Waals surface area (Å²) >= 11 is 7.01. The normalized spacial score (nSPS) is 11.1. The molecule has 0 saturated heterocycles. The number of aliphatic hydroxyl groups is 1. The Morgan fingerprint density at radius 1 is 1.26 bits per heavy atom. The second-order valence-corrected chi connectivity index (χ2v) is 6.43. The summed E-state index contributed by atoms with van der Waals surface area (Å²) < 4.78 is 7.39. The number of hydrogen-bond donors (Lipinski definition) is 2. The van der Waals surface area contributed by atoms with Crippen LogP contribution in [0.15, 0.2) is 21.1 Å². The number of nitrogens with one attached hydrogen (secondary N) is 1. The second-order valence-electron chi connectivity index (χ2n) is 4.72. The average molecular weight is 418 g/mol. The molecule has 6 heteroatoms. The summed E-state index contributed by atoms with van der Waals surface area (Å²) in [7, 11) is 0. The van der Waals surface area contributed by atoms with Crippen LogP contribution in [0.3, 0.4) is 0 Å². The molecule has 0 fully saturated rings. The average Bonchev–Trinajstić information content (AvgIpc) is 2.31. The third-order valence-corrected chi connectivity index (χ3v) is 3.69. The monoisotopic (exact) mass is 415 g/mol. The van der Waals surface area contributed by atoms with Gasteiger partial charge < -0.3 is 15.2 Å². The maximum Gasteiger partial charge on any atom is 0.147 e. The first-order valence-corrected chi connectivity index (χ1v) is 7.45. The third-order valence-electron chi connectivity index (χ3n) is 2.51. The molecule has 0 radical (unpaired) electrons. The molecule has 0 heterocycles. The van der Waals surface area contributed by atoms with Crippen LogP contribution in [-0.4, -0.2) is 23.9 Å². The highest BCUT2D eigenvalue weighted by Crippen LogP contribution is 2.34. The predicted octanol–water partition coefficient (Wildman–Crippen LogP) is 3.89. The van der Waals surface area contributed by atoms with E-state index < -0.39 is 0 Å². The minimum Gasteiger partial charge on any atom is -0.492 e. The number of rotatable bonds is 6. The summed E-state index contributed by atoms with van der Waals surface area (Å²) in [6.07, 6.45) is 0. The van der Waals surface area contributed by atoms with Crippen LogP contribution in [0.1, 0.15) is 26.3 Å². The lowest BCUT2D eigenvalue weighted by atomic mass is 10.1. The van der Waals surface area contributed by atoms with E-state index in [0.717, 1.165) is 20.3 Å². The largest absolute Gasteiger partial charge is 0.492 e. The van der Waals surface area contributed by atoms with E-state index >= 15 is 0 Å². The molecule has 0 atom stereocenters. The van der Waals surface area contributed by atoms with Crippen LogP contribution < -0.4 is 10.1 Å². The van der Waals surface area contributed by atoms with Gasteiger partial charge in [0, 0.05) is 12.1 Å². The van der Waals surface area contributed by atoms with Gasteiger partial charge in [-0.25, -0.2) is 0 Å². The van der Waals surface area contributed by atoms with Crippen LogP contribution in [0, 0.1) is 0 Å². The molecule has 1 aromatic rings. The Kier molecular flexibility index (Phi) is 8.56. The maximum absolute atomic E-state index is 9.19. The standard InChI is InChI=1S/C13H19Br2NO2.ClH/c1-4-18-12-10(14)5-9(6-11(12)15)7-16-13(2,3)8-17;/h5-6,16-17H,4,7-8H2,1-3H3;1H. The molecule has 0 bridgehead atoms. The van der Waals surface area contributed by atoms with Gasteiger partial charge in [-0.15, -0.1) is 12.4 Å². The fraction of sp³-hybridized carbons (Fsp3) is 0.538. The fourth-order valence-corrected chi connectivity index (χ4v) is 2.90. The molecule has 0 spiro atoms. The van der Waals surface area contributed by atoms with E-state index in [1.807, 2.05) is 32.9 Å². The van der Waals surface area contributed by atoms with E-state index in [-0.39, 0.29) is 24.6 Å². The summed E-state index contributed by atoms with van der Waals surface area (Å²) in [5.41, 5.74) is 0.844. The number of hydrogen-bond acceptors (Lipinski definition) is 3. The van der Waals surface area contributed by atoms with E-state index in [4.69, 9.17) is 4.74 Å². The number of halogens is 3. The van der Waals surface area contributed by atoms with Crippen molar-refractivity contribution in [3.05, 3.63) is 26.6 Å². The zero-order valence-corrected chi connectivity index (χ0v) is 15.3. The predicted molar refractivity (Wildman–Crippen MR) is 88.3 cm³/mol. The van der Waals surface area contributed by atoms with Crippen LogP contribution >= 0.6 is 44.3 Å². The third kappa shape index (κ3) is 6.00. The highest BCUT2D eigenvalue weighted by Gasteiger charge is 2.16. The molecular formula is C13H20Br2ClNO2. The second kappa shape index (κ2) is 8.47. The van der Waals surface area contributed by atoms with Crippen LogP contribution in [0.4, 0.5) is 0 Å². The minimum absolute atomic E-state index is 0. The van der Waals surface area contributed by atoms with Gasteiger partial charge in [0.25, 0.3) is 0 Å². The van der Waals surface area contributed by atoms with Gasteiger partial charge in [0.1, 0.15) is 5.75 Å². The van der Waals surface area contributed by atoms with Crippen molar-refractivity contribution >= 4 is 44.3 Å². The van der Waals surface area contributed by atoms with Crippen molar-refractivity contribution in [1.29, 1.82) is 0 Å². The first-order chi connectivity index (χ1) is 8.39. The SMILES string of the molecule is CCOc1c(Br)cc(CNC(C)(C)CO)cc1Br.Cl. The molecule has 1 aromatic carbocycles. The Hall–Kier alpha value is 0.190. The van der Waals surface area contributed by atoms with Gasteiger partial charge in [-0.2, -0.15) is 0 Å². The number of benzene rings is 1. The van der Waals surface area contributed by atoms with E-state index in [2.05, 4.69) is 37.2 Å². The van der Waals surface area contributed by atoms with Crippen molar-refractivity contribution in [2.45, 2.75) is 32.9 Å². The Bertz CT molecular complexity index is 391. The molecule has 0 unspecified atom stereocenters. The van der Waals surface area contributed by atoms with Crippen LogP contribution in [0.5, 0.6) is 5.75 Å². The number of aliphatic hydroxyl groups excluding tert-OH is 1. The molecule has 3 nitrogen and oxygen atoms in total. The minimum atomic E-state index is -0.280. The molecule has 19 heavy (non-hydrogen) atoms. The topological polar surface area (TPSA) is 41.5 Å². The zero-order chi connectivity index (χ0) is 13.8.